The van der Waals surface area contributed by atoms with Gasteiger partial charge in [0.15, 0.2) is 0 Å². The summed E-state index contributed by atoms with van der Waals surface area (Å²) in [7, 11) is 2.15. The lowest BCUT2D eigenvalue weighted by Gasteiger charge is -2.42. The third kappa shape index (κ3) is 3.15. The number of hydrogen-bond acceptors (Lipinski definition) is 4. The molecule has 0 radical (unpaired) electrons. The minimum absolute atomic E-state index is 0.140. The van der Waals surface area contributed by atoms with Gasteiger partial charge in [0.05, 0.1) is 18.0 Å². The number of ether oxygens (including phenoxy) is 1. The van der Waals surface area contributed by atoms with Crippen molar-refractivity contribution in [3.8, 4) is 5.75 Å². The molecule has 0 bridgehead atoms. The zero-order valence-corrected chi connectivity index (χ0v) is 14.3. The van der Waals surface area contributed by atoms with E-state index in [-0.39, 0.29) is 11.9 Å². The highest BCUT2D eigenvalue weighted by Crippen LogP contribution is 2.38. The van der Waals surface area contributed by atoms with E-state index in [1.54, 1.807) is 0 Å². The van der Waals surface area contributed by atoms with Gasteiger partial charge < -0.3 is 19.9 Å². The summed E-state index contributed by atoms with van der Waals surface area (Å²) in [6, 6.07) is 6.17. The molecule has 1 atom stereocenters. The fourth-order valence-electron chi connectivity index (χ4n) is 3.54. The molecule has 1 unspecified atom stereocenters. The minimum Gasteiger partial charge on any atom is -0.494 e. The average Bonchev–Trinajstić information content (AvgIpc) is 2.56. The monoisotopic (exact) mass is 317 g/mol. The van der Waals surface area contributed by atoms with E-state index in [2.05, 4.69) is 24.2 Å². The van der Waals surface area contributed by atoms with Crippen molar-refractivity contribution in [3.05, 3.63) is 18.2 Å². The fourth-order valence-corrected chi connectivity index (χ4v) is 3.54. The van der Waals surface area contributed by atoms with Gasteiger partial charge in [0.1, 0.15) is 11.8 Å². The van der Waals surface area contributed by atoms with E-state index in [0.29, 0.717) is 12.6 Å². The summed E-state index contributed by atoms with van der Waals surface area (Å²) in [5, 5.41) is 3.39. The first kappa shape index (κ1) is 16.1. The molecule has 0 aromatic heterocycles. The van der Waals surface area contributed by atoms with Crippen LogP contribution in [0.2, 0.25) is 0 Å². The van der Waals surface area contributed by atoms with Crippen LogP contribution in [0.25, 0.3) is 0 Å². The van der Waals surface area contributed by atoms with Crippen molar-refractivity contribution in [3.63, 3.8) is 0 Å². The molecular formula is C18H27N3O2. The molecule has 2 aliphatic heterocycles. The van der Waals surface area contributed by atoms with Gasteiger partial charge in [0.2, 0.25) is 5.91 Å². The topological polar surface area (TPSA) is 44.8 Å². The zero-order chi connectivity index (χ0) is 16.4. The van der Waals surface area contributed by atoms with Crippen LogP contribution in [-0.4, -0.2) is 49.6 Å². The molecule has 2 heterocycles. The SMILES string of the molecule is CCOc1ccc2c(c1)NC(CC)C(=O)N2C1CCN(C)CC1. The summed E-state index contributed by atoms with van der Waals surface area (Å²) in [6.07, 6.45) is 2.86. The van der Waals surface area contributed by atoms with Crippen LogP contribution in [0, 0.1) is 0 Å². The zero-order valence-electron chi connectivity index (χ0n) is 14.3. The summed E-state index contributed by atoms with van der Waals surface area (Å²) >= 11 is 0. The Morgan fingerprint density at radius 3 is 2.65 bits per heavy atom. The maximum absolute atomic E-state index is 12.9. The van der Waals surface area contributed by atoms with Crippen molar-refractivity contribution in [1.29, 1.82) is 0 Å². The number of rotatable bonds is 4. The maximum Gasteiger partial charge on any atom is 0.249 e. The van der Waals surface area contributed by atoms with Gasteiger partial charge in [-0.25, -0.2) is 0 Å². The first-order valence-corrected chi connectivity index (χ1v) is 8.69. The molecule has 2 aliphatic rings. The number of amides is 1. The summed E-state index contributed by atoms with van der Waals surface area (Å²) in [6.45, 7) is 6.78. The van der Waals surface area contributed by atoms with Gasteiger partial charge in [-0.3, -0.25) is 4.79 Å². The molecular weight excluding hydrogens is 290 g/mol. The van der Waals surface area contributed by atoms with E-state index in [1.165, 1.54) is 0 Å². The lowest BCUT2D eigenvalue weighted by Crippen LogP contribution is -2.54. The summed E-state index contributed by atoms with van der Waals surface area (Å²) in [5.41, 5.74) is 2.01. The number of fused-ring (bicyclic) bond motifs is 1. The van der Waals surface area contributed by atoms with Crippen LogP contribution in [0.3, 0.4) is 0 Å². The van der Waals surface area contributed by atoms with Crippen LogP contribution in [0.1, 0.15) is 33.1 Å². The molecule has 1 fully saturated rings. The smallest absolute Gasteiger partial charge is 0.249 e. The molecule has 0 aliphatic carbocycles. The Hall–Kier alpha value is -1.75. The van der Waals surface area contributed by atoms with E-state index in [0.717, 1.165) is 49.5 Å². The highest BCUT2D eigenvalue weighted by molar-refractivity contribution is 6.05. The number of likely N-dealkylation sites (tertiary alicyclic amines) is 1. The summed E-state index contributed by atoms with van der Waals surface area (Å²) in [5.74, 6) is 1.06. The lowest BCUT2D eigenvalue weighted by molar-refractivity contribution is -0.120. The van der Waals surface area contributed by atoms with Crippen LogP contribution in [-0.2, 0) is 4.79 Å². The molecule has 1 N–H and O–H groups in total. The van der Waals surface area contributed by atoms with Crippen molar-refractivity contribution in [1.82, 2.24) is 4.90 Å². The molecule has 5 nitrogen and oxygen atoms in total. The van der Waals surface area contributed by atoms with Crippen LogP contribution < -0.4 is 15.0 Å². The molecule has 23 heavy (non-hydrogen) atoms. The Morgan fingerprint density at radius 1 is 1.26 bits per heavy atom. The van der Waals surface area contributed by atoms with Gasteiger partial charge in [-0.2, -0.15) is 0 Å². The molecule has 5 heteroatoms. The highest BCUT2D eigenvalue weighted by Gasteiger charge is 2.36. The predicted molar refractivity (Wildman–Crippen MR) is 93.3 cm³/mol. The standard InChI is InChI=1S/C18H27N3O2/c1-4-15-18(22)21(13-8-10-20(3)11-9-13)17-7-6-14(23-5-2)12-16(17)19-15/h6-7,12-13,15,19H,4-5,8-11H2,1-3H3. The molecule has 1 saturated heterocycles. The Morgan fingerprint density at radius 2 is 2.00 bits per heavy atom. The van der Waals surface area contributed by atoms with Crippen LogP contribution in [0.5, 0.6) is 5.75 Å². The van der Waals surface area contributed by atoms with Gasteiger partial charge in [0.25, 0.3) is 0 Å². The quantitative estimate of drug-likeness (QED) is 0.927. The van der Waals surface area contributed by atoms with Crippen molar-refractivity contribution in [2.75, 3.05) is 37.0 Å². The molecule has 0 spiro atoms. The Balaban J connectivity index is 1.93. The largest absolute Gasteiger partial charge is 0.494 e. The summed E-state index contributed by atoms with van der Waals surface area (Å²) in [4.78, 5) is 17.3. The Bertz CT molecular complexity index is 567. The number of nitrogens with one attached hydrogen (secondary N) is 1. The second kappa shape index (κ2) is 6.79. The van der Waals surface area contributed by atoms with Crippen LogP contribution >= 0.6 is 0 Å². The number of hydrogen-bond donors (Lipinski definition) is 1. The number of benzene rings is 1. The van der Waals surface area contributed by atoms with Crippen molar-refractivity contribution < 1.29 is 9.53 Å². The second-order valence-electron chi connectivity index (χ2n) is 6.46. The normalized spacial score (nSPS) is 22.7. The van der Waals surface area contributed by atoms with Gasteiger partial charge in [0, 0.05) is 12.1 Å². The van der Waals surface area contributed by atoms with E-state index in [9.17, 15) is 4.79 Å². The Kier molecular flexibility index (Phi) is 4.76. The molecule has 1 aromatic carbocycles. The predicted octanol–water partition coefficient (Wildman–Crippen LogP) is 2.72. The van der Waals surface area contributed by atoms with Gasteiger partial charge in [-0.15, -0.1) is 0 Å². The van der Waals surface area contributed by atoms with Gasteiger partial charge in [-0.1, -0.05) is 6.92 Å². The number of nitrogens with zero attached hydrogens (tertiary/aromatic N) is 2. The van der Waals surface area contributed by atoms with Crippen molar-refractivity contribution in [2.24, 2.45) is 0 Å². The highest BCUT2D eigenvalue weighted by atomic mass is 16.5. The van der Waals surface area contributed by atoms with Crippen LogP contribution in [0.15, 0.2) is 18.2 Å². The fraction of sp³-hybridized carbons (Fsp3) is 0.611. The molecule has 0 saturated carbocycles. The minimum atomic E-state index is -0.140. The van der Waals surface area contributed by atoms with E-state index >= 15 is 0 Å². The molecule has 1 amide bonds. The number of piperidine rings is 1. The molecule has 1 aromatic rings. The average molecular weight is 317 g/mol. The van der Waals surface area contributed by atoms with E-state index in [1.807, 2.05) is 30.0 Å². The Labute approximate surface area is 138 Å². The number of carbonyl (C=O) groups is 1. The maximum atomic E-state index is 12.9. The molecule has 3 rings (SSSR count). The second-order valence-corrected chi connectivity index (χ2v) is 6.46. The number of carbonyl (C=O) groups excluding carboxylic acids is 1. The third-order valence-electron chi connectivity index (χ3n) is 4.87. The lowest BCUT2D eigenvalue weighted by atomic mass is 9.98. The summed E-state index contributed by atoms with van der Waals surface area (Å²) < 4.78 is 5.61. The van der Waals surface area contributed by atoms with Crippen molar-refractivity contribution >= 4 is 17.3 Å². The van der Waals surface area contributed by atoms with Gasteiger partial charge in [-0.05, 0) is 58.5 Å². The first-order valence-electron chi connectivity index (χ1n) is 8.69. The first-order chi connectivity index (χ1) is 11.1. The van der Waals surface area contributed by atoms with Crippen molar-refractivity contribution in [2.45, 2.75) is 45.2 Å². The molecule has 126 valence electrons. The van der Waals surface area contributed by atoms with E-state index < -0.39 is 0 Å². The number of anilines is 2. The van der Waals surface area contributed by atoms with E-state index in [4.69, 9.17) is 4.74 Å². The van der Waals surface area contributed by atoms with Gasteiger partial charge >= 0.3 is 0 Å². The third-order valence-corrected chi connectivity index (χ3v) is 4.87. The van der Waals surface area contributed by atoms with Crippen LogP contribution in [0.4, 0.5) is 11.4 Å².